The lowest BCUT2D eigenvalue weighted by Crippen LogP contribution is -2.37. The smallest absolute Gasteiger partial charge is 0.330 e. The molecule has 9 nitrogen and oxygen atoms in total. The van der Waals surface area contributed by atoms with Crippen LogP contribution in [-0.2, 0) is 19.9 Å². The molecular weight excluding hydrogens is 512 g/mol. The zero-order valence-electron chi connectivity index (χ0n) is 22.5. The summed E-state index contributed by atoms with van der Waals surface area (Å²) in [5.74, 6) is 1.19. The summed E-state index contributed by atoms with van der Waals surface area (Å²) in [6.45, 7) is 1.50. The van der Waals surface area contributed by atoms with Crippen LogP contribution in [0.3, 0.4) is 0 Å². The van der Waals surface area contributed by atoms with E-state index >= 15 is 0 Å². The lowest BCUT2D eigenvalue weighted by atomic mass is 9.80. The zero-order chi connectivity index (χ0) is 28.3. The molecule has 0 saturated carbocycles. The SMILES string of the molecule is COc1ccc(C(OC[C@H]2O[C@@H](n3cc(C)c(=O)[nH]c3=O)CC2=O)(c2ccccc2)c2ccc(OC)cc2)cc1. The average molecular weight is 543 g/mol. The van der Waals surface area contributed by atoms with Gasteiger partial charge in [-0.05, 0) is 47.9 Å². The first-order valence-electron chi connectivity index (χ1n) is 12.8. The van der Waals surface area contributed by atoms with E-state index in [9.17, 15) is 14.4 Å². The van der Waals surface area contributed by atoms with E-state index in [4.69, 9.17) is 18.9 Å². The number of aromatic amines is 1. The molecule has 0 radical (unpaired) electrons. The Kier molecular flexibility index (Phi) is 7.68. The Morgan fingerprint density at radius 3 is 1.95 bits per heavy atom. The van der Waals surface area contributed by atoms with E-state index in [1.54, 1.807) is 21.1 Å². The van der Waals surface area contributed by atoms with Gasteiger partial charge in [0, 0.05) is 11.8 Å². The maximum absolute atomic E-state index is 13.1. The van der Waals surface area contributed by atoms with E-state index < -0.39 is 29.2 Å². The van der Waals surface area contributed by atoms with E-state index in [-0.39, 0.29) is 18.8 Å². The van der Waals surface area contributed by atoms with Gasteiger partial charge in [-0.1, -0.05) is 54.6 Å². The topological polar surface area (TPSA) is 109 Å². The second-order valence-electron chi connectivity index (χ2n) is 9.54. The minimum absolute atomic E-state index is 0.0250. The van der Waals surface area contributed by atoms with Crippen LogP contribution in [0.25, 0.3) is 0 Å². The van der Waals surface area contributed by atoms with Gasteiger partial charge in [-0.15, -0.1) is 0 Å². The maximum atomic E-state index is 13.1. The van der Waals surface area contributed by atoms with Gasteiger partial charge in [0.15, 0.2) is 5.78 Å². The molecule has 0 amide bonds. The van der Waals surface area contributed by atoms with Gasteiger partial charge < -0.3 is 18.9 Å². The molecule has 0 bridgehead atoms. The fraction of sp³-hybridized carbons (Fsp3) is 0.258. The van der Waals surface area contributed by atoms with Crippen molar-refractivity contribution >= 4 is 5.78 Å². The maximum Gasteiger partial charge on any atom is 0.330 e. The first-order valence-corrected chi connectivity index (χ1v) is 12.8. The van der Waals surface area contributed by atoms with Crippen molar-refractivity contribution in [2.45, 2.75) is 31.3 Å². The molecule has 1 saturated heterocycles. The molecule has 206 valence electrons. The molecule has 0 unspecified atom stereocenters. The number of carbonyl (C=O) groups is 1. The van der Waals surface area contributed by atoms with Crippen LogP contribution < -0.4 is 20.7 Å². The van der Waals surface area contributed by atoms with Crippen molar-refractivity contribution in [2.75, 3.05) is 20.8 Å². The monoisotopic (exact) mass is 542 g/mol. The molecule has 0 spiro atoms. The summed E-state index contributed by atoms with van der Waals surface area (Å²) in [6.07, 6.45) is -0.394. The van der Waals surface area contributed by atoms with Crippen molar-refractivity contribution in [2.24, 2.45) is 0 Å². The lowest BCUT2D eigenvalue weighted by Gasteiger charge is -2.36. The second-order valence-corrected chi connectivity index (χ2v) is 9.54. The van der Waals surface area contributed by atoms with Crippen molar-refractivity contribution < 1.29 is 23.7 Å². The van der Waals surface area contributed by atoms with E-state index in [2.05, 4.69) is 4.98 Å². The largest absolute Gasteiger partial charge is 0.497 e. The Bertz CT molecular complexity index is 1540. The first kappa shape index (κ1) is 27.1. The van der Waals surface area contributed by atoms with Gasteiger partial charge in [0.25, 0.3) is 5.56 Å². The Morgan fingerprint density at radius 1 is 0.850 bits per heavy atom. The summed E-state index contributed by atoms with van der Waals surface area (Å²) in [6, 6.07) is 24.9. The third-order valence-electron chi connectivity index (χ3n) is 7.14. The standard InChI is InChI=1S/C31H30N2O7/c1-20-18-33(30(36)32-29(20)35)28-17-26(34)27(40-28)19-39-31(21-7-5-4-6-8-21,22-9-13-24(37-2)14-10-22)23-11-15-25(38-3)16-12-23/h4-16,18,27-28H,17,19H2,1-3H3,(H,32,35,36)/t27-,28-/m1/s1. The molecular formula is C31H30N2O7. The molecule has 1 aromatic heterocycles. The number of ketones is 1. The van der Waals surface area contributed by atoms with Gasteiger partial charge in [0.1, 0.15) is 29.4 Å². The van der Waals surface area contributed by atoms with Crippen molar-refractivity contribution in [3.8, 4) is 11.5 Å². The number of aromatic nitrogens is 2. The molecule has 40 heavy (non-hydrogen) atoms. The number of hydrogen-bond acceptors (Lipinski definition) is 7. The van der Waals surface area contributed by atoms with Gasteiger partial charge in [-0.25, -0.2) is 4.79 Å². The highest BCUT2D eigenvalue weighted by Crippen LogP contribution is 2.42. The summed E-state index contributed by atoms with van der Waals surface area (Å²) in [5, 5.41) is 0. The molecule has 2 atom stereocenters. The summed E-state index contributed by atoms with van der Waals surface area (Å²) in [5.41, 5.74) is 0.602. The number of carbonyl (C=O) groups excluding carboxylic acids is 1. The zero-order valence-corrected chi connectivity index (χ0v) is 22.5. The predicted molar refractivity (Wildman–Crippen MR) is 148 cm³/mol. The summed E-state index contributed by atoms with van der Waals surface area (Å²) in [4.78, 5) is 39.6. The molecule has 3 aromatic carbocycles. The molecule has 1 fully saturated rings. The number of ether oxygens (including phenoxy) is 4. The van der Waals surface area contributed by atoms with E-state index in [0.29, 0.717) is 17.1 Å². The number of Topliss-reactive ketones (excluding diaryl/α,β-unsaturated/α-hetero) is 1. The highest BCUT2D eigenvalue weighted by molar-refractivity contribution is 5.85. The summed E-state index contributed by atoms with van der Waals surface area (Å²) < 4.78 is 24.8. The van der Waals surface area contributed by atoms with Crippen LogP contribution in [0.2, 0.25) is 0 Å². The van der Waals surface area contributed by atoms with Crippen LogP contribution >= 0.6 is 0 Å². The normalized spacial score (nSPS) is 17.1. The fourth-order valence-corrected chi connectivity index (χ4v) is 4.99. The van der Waals surface area contributed by atoms with Crippen molar-refractivity contribution in [1.82, 2.24) is 9.55 Å². The molecule has 1 aliphatic rings. The Labute approximate surface area is 230 Å². The Morgan fingerprint density at radius 2 is 1.40 bits per heavy atom. The van der Waals surface area contributed by atoms with Gasteiger partial charge in [0.2, 0.25) is 0 Å². The third-order valence-corrected chi connectivity index (χ3v) is 7.14. The lowest BCUT2D eigenvalue weighted by molar-refractivity contribution is -0.130. The number of rotatable bonds is 9. The van der Waals surface area contributed by atoms with Crippen LogP contribution in [0.4, 0.5) is 0 Å². The van der Waals surface area contributed by atoms with Crippen molar-refractivity contribution in [1.29, 1.82) is 0 Å². The first-order chi connectivity index (χ1) is 19.3. The number of hydrogen-bond donors (Lipinski definition) is 1. The van der Waals surface area contributed by atoms with Crippen LogP contribution in [0.1, 0.15) is 34.9 Å². The average Bonchev–Trinajstić information content (AvgIpc) is 3.36. The molecule has 1 N–H and O–H groups in total. The number of nitrogens with one attached hydrogen (secondary N) is 1. The molecule has 4 aromatic rings. The van der Waals surface area contributed by atoms with Crippen LogP contribution in [-0.4, -0.2) is 42.3 Å². The number of aryl methyl sites for hydroxylation is 1. The van der Waals surface area contributed by atoms with E-state index in [1.807, 2.05) is 78.9 Å². The Balaban J connectivity index is 1.54. The molecule has 2 heterocycles. The minimum Gasteiger partial charge on any atom is -0.497 e. The highest BCUT2D eigenvalue weighted by atomic mass is 16.6. The molecule has 1 aliphatic heterocycles. The highest BCUT2D eigenvalue weighted by Gasteiger charge is 2.42. The number of nitrogens with zero attached hydrogens (tertiary/aromatic N) is 1. The number of methoxy groups -OCH3 is 2. The van der Waals surface area contributed by atoms with Crippen LogP contribution in [0.15, 0.2) is 94.6 Å². The van der Waals surface area contributed by atoms with Gasteiger partial charge in [-0.2, -0.15) is 0 Å². The molecule has 0 aliphatic carbocycles. The number of H-pyrrole nitrogens is 1. The molecule has 5 rings (SSSR count). The fourth-order valence-electron chi connectivity index (χ4n) is 4.99. The van der Waals surface area contributed by atoms with Gasteiger partial charge >= 0.3 is 5.69 Å². The van der Waals surface area contributed by atoms with E-state index in [0.717, 1.165) is 16.7 Å². The summed E-state index contributed by atoms with van der Waals surface area (Å²) >= 11 is 0. The second kappa shape index (κ2) is 11.3. The Hall–Kier alpha value is -4.47. The van der Waals surface area contributed by atoms with Crippen LogP contribution in [0, 0.1) is 6.92 Å². The van der Waals surface area contributed by atoms with Gasteiger partial charge in [-0.3, -0.25) is 19.1 Å². The predicted octanol–water partition coefficient (Wildman–Crippen LogP) is 3.73. The molecule has 9 heteroatoms. The minimum atomic E-state index is -1.12. The van der Waals surface area contributed by atoms with E-state index in [1.165, 1.54) is 10.8 Å². The van der Waals surface area contributed by atoms with Gasteiger partial charge in [0.05, 0.1) is 27.2 Å². The third kappa shape index (κ3) is 5.09. The quantitative estimate of drug-likeness (QED) is 0.321. The number of benzene rings is 3. The van der Waals surface area contributed by atoms with Crippen LogP contribution in [0.5, 0.6) is 11.5 Å². The van der Waals surface area contributed by atoms with Crippen molar-refractivity contribution in [3.63, 3.8) is 0 Å². The summed E-state index contributed by atoms with van der Waals surface area (Å²) in [7, 11) is 3.21. The van der Waals surface area contributed by atoms with Crippen molar-refractivity contribution in [3.05, 3.63) is 128 Å².